The Balaban J connectivity index is 2.13. The average molecular weight is 318 g/mol. The van der Waals surface area contributed by atoms with Gasteiger partial charge in [0.25, 0.3) is 0 Å². The van der Waals surface area contributed by atoms with E-state index < -0.39 is 0 Å². The molecule has 0 spiro atoms. The van der Waals surface area contributed by atoms with E-state index in [9.17, 15) is 9.59 Å². The Morgan fingerprint density at radius 1 is 1.35 bits per heavy atom. The van der Waals surface area contributed by atoms with Crippen LogP contribution in [0.5, 0.6) is 0 Å². The van der Waals surface area contributed by atoms with Gasteiger partial charge >= 0.3 is 0 Å². The zero-order chi connectivity index (χ0) is 16.8. The van der Waals surface area contributed by atoms with Crippen molar-refractivity contribution in [2.24, 2.45) is 5.92 Å². The van der Waals surface area contributed by atoms with Crippen LogP contribution in [0.2, 0.25) is 0 Å². The molecule has 0 unspecified atom stereocenters. The number of nitrogens with one attached hydrogen (secondary N) is 1. The monoisotopic (exact) mass is 318 g/mol. The van der Waals surface area contributed by atoms with Crippen molar-refractivity contribution >= 4 is 11.8 Å². The van der Waals surface area contributed by atoms with E-state index in [0.717, 1.165) is 12.0 Å². The van der Waals surface area contributed by atoms with Crippen molar-refractivity contribution in [2.45, 2.75) is 32.2 Å². The first-order valence-electron chi connectivity index (χ1n) is 8.13. The molecule has 1 fully saturated rings. The van der Waals surface area contributed by atoms with Gasteiger partial charge in [0, 0.05) is 33.7 Å². The summed E-state index contributed by atoms with van der Waals surface area (Å²) in [5.41, 5.74) is 2.18. The van der Waals surface area contributed by atoms with Gasteiger partial charge in [-0.25, -0.2) is 0 Å². The summed E-state index contributed by atoms with van der Waals surface area (Å²) in [6, 6.07) is 7.88. The first kappa shape index (κ1) is 17.5. The summed E-state index contributed by atoms with van der Waals surface area (Å²) in [6.07, 6.45) is 1.81. The molecular weight excluding hydrogens is 292 g/mol. The highest BCUT2D eigenvalue weighted by Gasteiger charge is 2.38. The summed E-state index contributed by atoms with van der Waals surface area (Å²) in [5.74, 6) is -0.0898. The maximum absolute atomic E-state index is 12.6. The van der Waals surface area contributed by atoms with Crippen molar-refractivity contribution in [3.05, 3.63) is 35.4 Å². The summed E-state index contributed by atoms with van der Waals surface area (Å²) in [4.78, 5) is 26.4. The van der Waals surface area contributed by atoms with Gasteiger partial charge in [0.2, 0.25) is 11.8 Å². The lowest BCUT2D eigenvalue weighted by atomic mass is 9.83. The molecule has 1 aliphatic rings. The number of amides is 2. The Kier molecular flexibility index (Phi) is 6.16. The highest BCUT2D eigenvalue weighted by atomic mass is 16.5. The van der Waals surface area contributed by atoms with Crippen LogP contribution >= 0.6 is 0 Å². The molecule has 1 heterocycles. The van der Waals surface area contributed by atoms with Crippen molar-refractivity contribution in [1.29, 1.82) is 0 Å². The molecule has 1 aromatic rings. The van der Waals surface area contributed by atoms with E-state index in [2.05, 4.69) is 5.32 Å². The summed E-state index contributed by atoms with van der Waals surface area (Å²) in [5, 5.41) is 2.98. The molecule has 2 atom stereocenters. The number of hydrogen-bond donors (Lipinski definition) is 1. The lowest BCUT2D eigenvalue weighted by Crippen LogP contribution is -2.46. The van der Waals surface area contributed by atoms with E-state index in [-0.39, 0.29) is 23.8 Å². The molecule has 1 N–H and O–H groups in total. The van der Waals surface area contributed by atoms with Crippen LogP contribution in [-0.4, -0.2) is 44.0 Å². The molecule has 5 heteroatoms. The van der Waals surface area contributed by atoms with Crippen LogP contribution in [0.25, 0.3) is 0 Å². The van der Waals surface area contributed by atoms with Crippen LogP contribution in [0.4, 0.5) is 0 Å². The Bertz CT molecular complexity index is 542. The van der Waals surface area contributed by atoms with Gasteiger partial charge < -0.3 is 15.0 Å². The van der Waals surface area contributed by atoms with Crippen LogP contribution in [0.1, 0.15) is 36.4 Å². The Morgan fingerprint density at radius 2 is 2.04 bits per heavy atom. The fraction of sp³-hybridized carbons (Fsp3) is 0.556. The van der Waals surface area contributed by atoms with Gasteiger partial charge in [0.15, 0.2) is 0 Å². The number of nitrogens with zero attached hydrogens (tertiary/aromatic N) is 1. The van der Waals surface area contributed by atoms with E-state index >= 15 is 0 Å². The third-order valence-corrected chi connectivity index (χ3v) is 4.44. The van der Waals surface area contributed by atoms with Crippen molar-refractivity contribution in [1.82, 2.24) is 10.2 Å². The zero-order valence-electron chi connectivity index (χ0n) is 14.2. The lowest BCUT2D eigenvalue weighted by molar-refractivity contribution is -0.141. The van der Waals surface area contributed by atoms with Crippen LogP contribution in [0.15, 0.2) is 24.3 Å². The number of ether oxygens (including phenoxy) is 1. The predicted molar refractivity (Wildman–Crippen MR) is 88.9 cm³/mol. The molecule has 1 aliphatic heterocycles. The van der Waals surface area contributed by atoms with Crippen LogP contribution in [0, 0.1) is 12.8 Å². The summed E-state index contributed by atoms with van der Waals surface area (Å²) in [6.45, 7) is 3.26. The Hall–Kier alpha value is -1.88. The summed E-state index contributed by atoms with van der Waals surface area (Å²) < 4.78 is 5.00. The zero-order valence-corrected chi connectivity index (χ0v) is 14.2. The number of piperidine rings is 1. The van der Waals surface area contributed by atoms with Gasteiger partial charge in [-0.3, -0.25) is 9.59 Å². The quantitative estimate of drug-likeness (QED) is 0.817. The Labute approximate surface area is 138 Å². The molecular formula is C18H26N2O3. The fourth-order valence-corrected chi connectivity index (χ4v) is 3.09. The molecule has 1 saturated heterocycles. The van der Waals surface area contributed by atoms with Crippen molar-refractivity contribution in [3.63, 3.8) is 0 Å². The highest BCUT2D eigenvalue weighted by Crippen LogP contribution is 2.35. The van der Waals surface area contributed by atoms with Gasteiger partial charge in [-0.2, -0.15) is 0 Å². The minimum absolute atomic E-state index is 0.0195. The first-order chi connectivity index (χ1) is 11.0. The minimum Gasteiger partial charge on any atom is -0.385 e. The topological polar surface area (TPSA) is 58.6 Å². The number of rotatable bonds is 6. The molecule has 5 nitrogen and oxygen atoms in total. The molecule has 0 bridgehead atoms. The minimum atomic E-state index is -0.206. The van der Waals surface area contributed by atoms with Crippen LogP contribution in [-0.2, 0) is 14.3 Å². The van der Waals surface area contributed by atoms with Crippen LogP contribution in [0.3, 0.4) is 0 Å². The fourth-order valence-electron chi connectivity index (χ4n) is 3.09. The van der Waals surface area contributed by atoms with E-state index in [4.69, 9.17) is 4.74 Å². The number of carbonyl (C=O) groups is 2. The number of methoxy groups -OCH3 is 1. The molecule has 0 radical (unpaired) electrons. The number of carbonyl (C=O) groups excluding carboxylic acids is 2. The van der Waals surface area contributed by atoms with Gasteiger partial charge in [0.1, 0.15) is 0 Å². The van der Waals surface area contributed by atoms with Gasteiger partial charge in [-0.1, -0.05) is 29.8 Å². The van der Waals surface area contributed by atoms with E-state index in [0.29, 0.717) is 26.0 Å². The van der Waals surface area contributed by atoms with Gasteiger partial charge in [-0.05, 0) is 25.3 Å². The largest absolute Gasteiger partial charge is 0.385 e. The van der Waals surface area contributed by atoms with E-state index in [1.807, 2.05) is 31.2 Å². The molecule has 0 saturated carbocycles. The van der Waals surface area contributed by atoms with Gasteiger partial charge in [0.05, 0.1) is 12.0 Å². The molecule has 0 aliphatic carbocycles. The molecule has 0 aromatic heterocycles. The summed E-state index contributed by atoms with van der Waals surface area (Å²) in [7, 11) is 3.44. The van der Waals surface area contributed by atoms with Crippen molar-refractivity contribution in [2.75, 3.05) is 27.3 Å². The number of hydrogen-bond acceptors (Lipinski definition) is 3. The van der Waals surface area contributed by atoms with Gasteiger partial charge in [-0.15, -0.1) is 0 Å². The lowest BCUT2D eigenvalue weighted by Gasteiger charge is -2.38. The highest BCUT2D eigenvalue weighted by molar-refractivity contribution is 5.84. The Morgan fingerprint density at radius 3 is 2.70 bits per heavy atom. The number of benzene rings is 1. The van der Waals surface area contributed by atoms with E-state index in [1.54, 1.807) is 19.1 Å². The first-order valence-corrected chi connectivity index (χ1v) is 8.13. The second-order valence-electron chi connectivity index (χ2n) is 6.14. The molecule has 23 heavy (non-hydrogen) atoms. The van der Waals surface area contributed by atoms with E-state index in [1.165, 1.54) is 5.56 Å². The smallest absolute Gasteiger partial charge is 0.225 e. The third-order valence-electron chi connectivity index (χ3n) is 4.44. The standard InChI is InChI=1S/C18H26N2O3/c1-13-5-7-14(8-6-13)17-15(9-10-16(21)20(17)2)18(22)19-11-4-12-23-3/h5-8,15,17H,4,9-12H2,1-3H3,(H,19,22)/t15-,17-/m0/s1. The summed E-state index contributed by atoms with van der Waals surface area (Å²) >= 11 is 0. The second-order valence-corrected chi connectivity index (χ2v) is 6.14. The number of likely N-dealkylation sites (tertiary alicyclic amines) is 1. The average Bonchev–Trinajstić information content (AvgIpc) is 2.55. The van der Waals surface area contributed by atoms with Crippen molar-refractivity contribution < 1.29 is 14.3 Å². The van der Waals surface area contributed by atoms with Crippen LogP contribution < -0.4 is 5.32 Å². The molecule has 2 amide bonds. The molecule has 1 aromatic carbocycles. The molecule has 2 rings (SSSR count). The third kappa shape index (κ3) is 4.32. The maximum Gasteiger partial charge on any atom is 0.225 e. The maximum atomic E-state index is 12.6. The SMILES string of the molecule is COCCCNC(=O)[C@H]1CCC(=O)N(C)[C@H]1c1ccc(C)cc1. The number of aryl methyl sites for hydroxylation is 1. The predicted octanol–water partition coefficient (Wildman–Crippen LogP) is 2.06. The molecule has 126 valence electrons. The normalized spacial score (nSPS) is 21.3. The van der Waals surface area contributed by atoms with Crippen molar-refractivity contribution in [3.8, 4) is 0 Å². The second kappa shape index (κ2) is 8.11.